The van der Waals surface area contributed by atoms with Gasteiger partial charge in [-0.2, -0.15) is 9.36 Å². The molecule has 6 nitrogen and oxygen atoms in total. The number of hydrogen-bond acceptors (Lipinski definition) is 4. The van der Waals surface area contributed by atoms with Crippen LogP contribution in [0.2, 0.25) is 0 Å². The third-order valence-electron chi connectivity index (χ3n) is 5.29. The van der Waals surface area contributed by atoms with E-state index in [2.05, 4.69) is 60.7 Å². The normalized spacial score (nSPS) is 10.9. The fourth-order valence-electron chi connectivity index (χ4n) is 3.43. The molecule has 0 saturated heterocycles. The highest BCUT2D eigenvalue weighted by atomic mass is 16.5. The summed E-state index contributed by atoms with van der Waals surface area (Å²) < 4.78 is 8.67. The average Bonchev–Trinajstić information content (AvgIpc) is 3.07. The largest absolute Gasteiger partial charge is 0.489 e. The van der Waals surface area contributed by atoms with Crippen molar-refractivity contribution in [2.75, 3.05) is 0 Å². The first-order valence-electron chi connectivity index (χ1n) is 9.82. The molecule has 4 aromatic rings. The van der Waals surface area contributed by atoms with Crippen LogP contribution in [0.4, 0.5) is 0 Å². The van der Waals surface area contributed by atoms with Crippen molar-refractivity contribution in [2.24, 2.45) is 7.05 Å². The summed E-state index contributed by atoms with van der Waals surface area (Å²) in [6, 6.07) is 20.3. The summed E-state index contributed by atoms with van der Waals surface area (Å²) in [6.45, 7) is 6.50. The Hall–Kier alpha value is -3.67. The van der Waals surface area contributed by atoms with Gasteiger partial charge in [-0.15, -0.1) is 0 Å². The molecule has 0 aliphatic rings. The van der Waals surface area contributed by atoms with Gasteiger partial charge in [-0.3, -0.25) is 0 Å². The molecule has 3 aromatic carbocycles. The second kappa shape index (κ2) is 7.99. The Morgan fingerprint density at radius 3 is 2.37 bits per heavy atom. The van der Waals surface area contributed by atoms with Gasteiger partial charge in [0, 0.05) is 12.6 Å². The van der Waals surface area contributed by atoms with Gasteiger partial charge in [-0.1, -0.05) is 48.0 Å². The topological polar surface area (TPSA) is 61.9 Å². The summed E-state index contributed by atoms with van der Waals surface area (Å²) in [5, 5.41) is 7.80. The number of tetrazole rings is 1. The zero-order valence-electron chi connectivity index (χ0n) is 17.6. The molecule has 0 radical (unpaired) electrons. The number of aryl methyl sites for hydroxylation is 4. The van der Waals surface area contributed by atoms with Gasteiger partial charge in [-0.05, 0) is 71.7 Å². The van der Waals surface area contributed by atoms with Crippen LogP contribution in [0.1, 0.15) is 22.3 Å². The van der Waals surface area contributed by atoms with E-state index in [1.54, 1.807) is 7.05 Å². The van der Waals surface area contributed by atoms with E-state index in [1.807, 2.05) is 31.2 Å². The number of aromatic nitrogens is 4. The number of benzene rings is 3. The molecule has 0 spiro atoms. The summed E-state index contributed by atoms with van der Waals surface area (Å²) in [7, 11) is 1.58. The zero-order chi connectivity index (χ0) is 21.3. The standard InChI is InChI=1S/C24H24N4O2/c1-16-8-11-19(12-9-16)21-14-20(13-10-18(21)3)30-15-22-17(2)6-5-7-23(22)28-24(29)27(4)25-26-28/h5-14H,15H2,1-4H3. The van der Waals surface area contributed by atoms with Crippen molar-refractivity contribution >= 4 is 0 Å². The Morgan fingerprint density at radius 1 is 0.900 bits per heavy atom. The predicted octanol–water partition coefficient (Wildman–Crippen LogP) is 4.14. The first-order chi connectivity index (χ1) is 14.4. The molecule has 0 fully saturated rings. The van der Waals surface area contributed by atoms with Crippen LogP contribution in [-0.2, 0) is 13.7 Å². The van der Waals surface area contributed by atoms with Gasteiger partial charge in [0.1, 0.15) is 12.4 Å². The highest BCUT2D eigenvalue weighted by molar-refractivity contribution is 5.69. The lowest BCUT2D eigenvalue weighted by atomic mass is 9.99. The monoisotopic (exact) mass is 400 g/mol. The van der Waals surface area contributed by atoms with Crippen LogP contribution >= 0.6 is 0 Å². The lowest BCUT2D eigenvalue weighted by molar-refractivity contribution is 0.305. The maximum atomic E-state index is 12.3. The molecule has 0 amide bonds. The van der Waals surface area contributed by atoms with Crippen molar-refractivity contribution in [3.05, 3.63) is 93.4 Å². The van der Waals surface area contributed by atoms with Crippen LogP contribution in [0.5, 0.6) is 5.75 Å². The Bertz CT molecular complexity index is 1250. The van der Waals surface area contributed by atoms with Gasteiger partial charge < -0.3 is 4.74 Å². The fourth-order valence-corrected chi connectivity index (χ4v) is 3.43. The second-order valence-electron chi connectivity index (χ2n) is 7.50. The first-order valence-corrected chi connectivity index (χ1v) is 9.82. The van der Waals surface area contributed by atoms with Crippen molar-refractivity contribution in [1.29, 1.82) is 0 Å². The second-order valence-corrected chi connectivity index (χ2v) is 7.50. The quantitative estimate of drug-likeness (QED) is 0.505. The van der Waals surface area contributed by atoms with E-state index in [0.29, 0.717) is 12.3 Å². The van der Waals surface area contributed by atoms with Gasteiger partial charge >= 0.3 is 5.69 Å². The van der Waals surface area contributed by atoms with E-state index in [-0.39, 0.29) is 5.69 Å². The summed E-state index contributed by atoms with van der Waals surface area (Å²) in [6.07, 6.45) is 0. The van der Waals surface area contributed by atoms with E-state index in [1.165, 1.54) is 20.5 Å². The molecular weight excluding hydrogens is 376 g/mol. The van der Waals surface area contributed by atoms with Crippen LogP contribution in [0.25, 0.3) is 16.8 Å². The van der Waals surface area contributed by atoms with Crippen molar-refractivity contribution in [1.82, 2.24) is 19.8 Å². The van der Waals surface area contributed by atoms with Crippen molar-refractivity contribution in [2.45, 2.75) is 27.4 Å². The number of hydrogen-bond donors (Lipinski definition) is 0. The molecule has 1 aromatic heterocycles. The minimum atomic E-state index is -0.293. The Kier molecular flexibility index (Phi) is 5.23. The van der Waals surface area contributed by atoms with Crippen molar-refractivity contribution in [3.8, 4) is 22.6 Å². The summed E-state index contributed by atoms with van der Waals surface area (Å²) in [4.78, 5) is 12.3. The number of rotatable bonds is 5. The third kappa shape index (κ3) is 3.76. The molecule has 1 heterocycles. The molecule has 152 valence electrons. The lowest BCUT2D eigenvalue weighted by Gasteiger charge is -2.14. The molecule has 30 heavy (non-hydrogen) atoms. The minimum Gasteiger partial charge on any atom is -0.489 e. The van der Waals surface area contributed by atoms with Crippen LogP contribution in [0, 0.1) is 20.8 Å². The van der Waals surface area contributed by atoms with Gasteiger partial charge in [0.15, 0.2) is 0 Å². The molecule has 0 aliphatic carbocycles. The summed E-state index contributed by atoms with van der Waals surface area (Å²) in [5.41, 5.74) is 7.03. The van der Waals surface area contributed by atoms with Crippen molar-refractivity contribution < 1.29 is 4.74 Å². The molecule has 0 atom stereocenters. The lowest BCUT2D eigenvalue weighted by Crippen LogP contribution is -2.23. The highest BCUT2D eigenvalue weighted by Gasteiger charge is 2.14. The van der Waals surface area contributed by atoms with E-state index in [4.69, 9.17) is 4.74 Å². The van der Waals surface area contributed by atoms with Crippen LogP contribution in [-0.4, -0.2) is 19.8 Å². The Balaban J connectivity index is 1.65. The number of nitrogens with zero attached hydrogens (tertiary/aromatic N) is 4. The fraction of sp³-hybridized carbons (Fsp3) is 0.208. The molecule has 6 heteroatoms. The van der Waals surface area contributed by atoms with Gasteiger partial charge in [0.05, 0.1) is 5.69 Å². The zero-order valence-corrected chi connectivity index (χ0v) is 17.6. The average molecular weight is 400 g/mol. The minimum absolute atomic E-state index is 0.293. The van der Waals surface area contributed by atoms with E-state index >= 15 is 0 Å². The molecule has 0 aliphatic heterocycles. The number of ether oxygens (including phenoxy) is 1. The van der Waals surface area contributed by atoms with E-state index in [9.17, 15) is 4.79 Å². The van der Waals surface area contributed by atoms with Gasteiger partial charge in [-0.25, -0.2) is 4.79 Å². The van der Waals surface area contributed by atoms with Gasteiger partial charge in [0.25, 0.3) is 0 Å². The first kappa shape index (κ1) is 19.6. The Labute approximate surface area is 175 Å². The SMILES string of the molecule is Cc1ccc(-c2cc(OCc3c(C)cccc3-n3nnn(C)c3=O)ccc2C)cc1. The molecule has 0 bridgehead atoms. The third-order valence-corrected chi connectivity index (χ3v) is 5.29. The maximum absolute atomic E-state index is 12.3. The van der Waals surface area contributed by atoms with Crippen LogP contribution in [0.3, 0.4) is 0 Å². The predicted molar refractivity (Wildman–Crippen MR) is 117 cm³/mol. The molecule has 4 rings (SSSR count). The van der Waals surface area contributed by atoms with E-state index in [0.717, 1.165) is 28.0 Å². The molecular formula is C24H24N4O2. The molecule has 0 saturated carbocycles. The van der Waals surface area contributed by atoms with Crippen molar-refractivity contribution in [3.63, 3.8) is 0 Å². The Morgan fingerprint density at radius 2 is 1.67 bits per heavy atom. The highest BCUT2D eigenvalue weighted by Crippen LogP contribution is 2.29. The van der Waals surface area contributed by atoms with E-state index < -0.39 is 0 Å². The molecule has 0 unspecified atom stereocenters. The van der Waals surface area contributed by atoms with Gasteiger partial charge in [0.2, 0.25) is 0 Å². The smallest absolute Gasteiger partial charge is 0.368 e. The van der Waals surface area contributed by atoms with Crippen LogP contribution in [0.15, 0.2) is 65.5 Å². The summed E-state index contributed by atoms with van der Waals surface area (Å²) >= 11 is 0. The summed E-state index contributed by atoms with van der Waals surface area (Å²) in [5.74, 6) is 0.775. The maximum Gasteiger partial charge on any atom is 0.368 e. The molecule has 0 N–H and O–H groups in total. The van der Waals surface area contributed by atoms with Crippen LogP contribution < -0.4 is 10.4 Å².